The maximum Gasteiger partial charge on any atom is 0.255 e. The summed E-state index contributed by atoms with van der Waals surface area (Å²) in [4.78, 5) is 17.2. The highest BCUT2D eigenvalue weighted by Gasteiger charge is 2.49. The van der Waals surface area contributed by atoms with Crippen LogP contribution in [-0.4, -0.2) is 29.7 Å². The highest BCUT2D eigenvalue weighted by molar-refractivity contribution is 6.04. The summed E-state index contributed by atoms with van der Waals surface area (Å²) >= 11 is 0. The minimum absolute atomic E-state index is 0.0516. The van der Waals surface area contributed by atoms with Crippen molar-refractivity contribution in [2.45, 2.75) is 70.8 Å². The lowest BCUT2D eigenvalue weighted by Crippen LogP contribution is -2.47. The predicted molar refractivity (Wildman–Crippen MR) is 123 cm³/mol. The van der Waals surface area contributed by atoms with Gasteiger partial charge in [0.1, 0.15) is 5.75 Å². The van der Waals surface area contributed by atoms with Gasteiger partial charge in [-0.05, 0) is 83.1 Å². The molecule has 5 nitrogen and oxygen atoms in total. The van der Waals surface area contributed by atoms with Gasteiger partial charge in [-0.1, -0.05) is 13.0 Å². The van der Waals surface area contributed by atoms with E-state index in [1.165, 1.54) is 5.56 Å². The van der Waals surface area contributed by atoms with Gasteiger partial charge in [-0.25, -0.2) is 0 Å². The maximum absolute atomic E-state index is 12.9. The Morgan fingerprint density at radius 1 is 1.29 bits per heavy atom. The van der Waals surface area contributed by atoms with Crippen molar-refractivity contribution < 1.29 is 14.3 Å². The minimum Gasteiger partial charge on any atom is -0.493 e. The van der Waals surface area contributed by atoms with Crippen LogP contribution in [-0.2, 0) is 10.2 Å². The van der Waals surface area contributed by atoms with Gasteiger partial charge in [-0.15, -0.1) is 0 Å². The zero-order valence-electron chi connectivity index (χ0n) is 19.2. The van der Waals surface area contributed by atoms with Crippen LogP contribution in [0.3, 0.4) is 0 Å². The average molecular weight is 423 g/mol. The SMILES string of the molecule is CCO[C@]1(C)CC[C@@]2(CC)c3ccc(C(=O)Nc4cccnc4C)cc3OCC[C@H]2C1. The van der Waals surface area contributed by atoms with E-state index in [4.69, 9.17) is 9.47 Å². The Morgan fingerprint density at radius 3 is 2.87 bits per heavy atom. The maximum atomic E-state index is 12.9. The van der Waals surface area contributed by atoms with E-state index >= 15 is 0 Å². The van der Waals surface area contributed by atoms with Gasteiger partial charge in [0.2, 0.25) is 0 Å². The van der Waals surface area contributed by atoms with Crippen molar-refractivity contribution in [1.82, 2.24) is 4.98 Å². The number of amides is 1. The highest BCUT2D eigenvalue weighted by atomic mass is 16.5. The standard InChI is InChI=1S/C26H34N2O3/c1-5-26-13-12-25(4,31-6-2)17-20(26)11-15-30-23-16-19(9-10-21(23)26)24(29)28-22-8-7-14-27-18(22)3/h7-10,14,16,20H,5-6,11-13,15,17H2,1-4H3,(H,28,29)/t20-,25+,26+/m0/s1. The summed E-state index contributed by atoms with van der Waals surface area (Å²) < 4.78 is 12.4. The molecular weight excluding hydrogens is 388 g/mol. The lowest BCUT2D eigenvalue weighted by molar-refractivity contribution is -0.0857. The number of rotatable bonds is 5. The third kappa shape index (κ3) is 4.08. The predicted octanol–water partition coefficient (Wildman–Crippen LogP) is 5.67. The van der Waals surface area contributed by atoms with Crippen LogP contribution in [0.5, 0.6) is 5.75 Å². The highest BCUT2D eigenvalue weighted by Crippen LogP contribution is 2.55. The smallest absolute Gasteiger partial charge is 0.255 e. The van der Waals surface area contributed by atoms with Crippen LogP contribution in [0, 0.1) is 12.8 Å². The molecule has 2 heterocycles. The quantitative estimate of drug-likeness (QED) is 0.675. The first-order chi connectivity index (χ1) is 14.9. The second-order valence-corrected chi connectivity index (χ2v) is 9.23. The Hall–Kier alpha value is -2.40. The first kappa shape index (κ1) is 21.8. The molecule has 3 atom stereocenters. The summed E-state index contributed by atoms with van der Waals surface area (Å²) in [7, 11) is 0. The van der Waals surface area contributed by atoms with Gasteiger partial charge in [-0.3, -0.25) is 9.78 Å². The van der Waals surface area contributed by atoms with E-state index in [-0.39, 0.29) is 16.9 Å². The summed E-state index contributed by atoms with van der Waals surface area (Å²) in [5.74, 6) is 1.24. The summed E-state index contributed by atoms with van der Waals surface area (Å²) in [6, 6.07) is 9.69. The number of anilines is 1. The van der Waals surface area contributed by atoms with Crippen LogP contribution < -0.4 is 10.1 Å². The normalized spacial score (nSPS) is 27.4. The Kier molecular flexibility index (Phi) is 6.07. The third-order valence-corrected chi connectivity index (χ3v) is 7.44. The van der Waals surface area contributed by atoms with Crippen LogP contribution in [0.2, 0.25) is 0 Å². The zero-order valence-corrected chi connectivity index (χ0v) is 19.2. The van der Waals surface area contributed by atoms with E-state index in [1.54, 1.807) is 6.20 Å². The first-order valence-corrected chi connectivity index (χ1v) is 11.5. The van der Waals surface area contributed by atoms with Crippen molar-refractivity contribution in [2.24, 2.45) is 5.92 Å². The molecule has 5 heteroatoms. The lowest BCUT2D eigenvalue weighted by atomic mass is 9.57. The van der Waals surface area contributed by atoms with Crippen molar-refractivity contribution in [3.05, 3.63) is 53.3 Å². The number of nitrogens with zero attached hydrogens (tertiary/aromatic N) is 1. The monoisotopic (exact) mass is 422 g/mol. The van der Waals surface area contributed by atoms with Gasteiger partial charge >= 0.3 is 0 Å². The summed E-state index contributed by atoms with van der Waals surface area (Å²) in [5.41, 5.74) is 3.43. The van der Waals surface area contributed by atoms with Crippen LogP contribution in [0.1, 0.15) is 74.5 Å². The number of ether oxygens (including phenoxy) is 2. The third-order valence-electron chi connectivity index (χ3n) is 7.44. The fourth-order valence-corrected chi connectivity index (χ4v) is 5.69. The number of hydrogen-bond donors (Lipinski definition) is 1. The van der Waals surface area contributed by atoms with Crippen molar-refractivity contribution in [3.8, 4) is 5.75 Å². The van der Waals surface area contributed by atoms with Crippen molar-refractivity contribution in [3.63, 3.8) is 0 Å². The molecule has 0 radical (unpaired) electrons. The molecule has 2 aliphatic rings. The second-order valence-electron chi connectivity index (χ2n) is 9.23. The van der Waals surface area contributed by atoms with Gasteiger partial charge < -0.3 is 14.8 Å². The van der Waals surface area contributed by atoms with Gasteiger partial charge in [0.25, 0.3) is 5.91 Å². The average Bonchev–Trinajstić information content (AvgIpc) is 2.91. The number of pyridine rings is 1. The molecule has 1 fully saturated rings. The van der Waals surface area contributed by atoms with Crippen molar-refractivity contribution in [1.29, 1.82) is 0 Å². The van der Waals surface area contributed by atoms with Crippen molar-refractivity contribution >= 4 is 11.6 Å². The second kappa shape index (κ2) is 8.62. The zero-order chi connectivity index (χ0) is 22.1. The summed E-state index contributed by atoms with van der Waals surface area (Å²) in [6.45, 7) is 9.95. The number of aryl methyl sites for hydroxylation is 1. The largest absolute Gasteiger partial charge is 0.493 e. The molecule has 31 heavy (non-hydrogen) atoms. The Balaban J connectivity index is 1.63. The number of nitrogens with one attached hydrogen (secondary N) is 1. The Labute approximate surface area is 185 Å². The van der Waals surface area contributed by atoms with E-state index in [9.17, 15) is 4.79 Å². The van der Waals surface area contributed by atoms with Gasteiger partial charge in [0, 0.05) is 29.3 Å². The van der Waals surface area contributed by atoms with E-state index in [0.29, 0.717) is 18.1 Å². The van der Waals surface area contributed by atoms with Crippen LogP contribution >= 0.6 is 0 Å². The number of carbonyl (C=O) groups is 1. The molecular formula is C26H34N2O3. The molecule has 0 saturated heterocycles. The number of carbonyl (C=O) groups excluding carboxylic acids is 1. The van der Waals surface area contributed by atoms with Gasteiger partial charge in [-0.2, -0.15) is 0 Å². The molecule has 1 aromatic carbocycles. The van der Waals surface area contributed by atoms with Crippen LogP contribution in [0.25, 0.3) is 0 Å². The molecule has 1 aliphatic carbocycles. The summed E-state index contributed by atoms with van der Waals surface area (Å²) in [5, 5.41) is 2.98. The Bertz CT molecular complexity index is 959. The Morgan fingerprint density at radius 2 is 2.13 bits per heavy atom. The first-order valence-electron chi connectivity index (χ1n) is 11.5. The number of hydrogen-bond acceptors (Lipinski definition) is 4. The van der Waals surface area contributed by atoms with E-state index in [0.717, 1.165) is 55.8 Å². The molecule has 1 amide bonds. The molecule has 1 N–H and O–H groups in total. The molecule has 0 spiro atoms. The minimum atomic E-state index is -0.138. The van der Waals surface area contributed by atoms with Gasteiger partial charge in [0.15, 0.2) is 0 Å². The molecule has 4 rings (SSSR count). The van der Waals surface area contributed by atoms with Crippen molar-refractivity contribution in [2.75, 3.05) is 18.5 Å². The van der Waals surface area contributed by atoms with Crippen LogP contribution in [0.4, 0.5) is 5.69 Å². The molecule has 1 saturated carbocycles. The molecule has 0 bridgehead atoms. The summed E-state index contributed by atoms with van der Waals surface area (Å²) in [6.07, 6.45) is 7.00. The van der Waals surface area contributed by atoms with Gasteiger partial charge in [0.05, 0.1) is 23.6 Å². The fraction of sp³-hybridized carbons (Fsp3) is 0.538. The lowest BCUT2D eigenvalue weighted by Gasteiger charge is -2.50. The molecule has 166 valence electrons. The van der Waals surface area contributed by atoms with E-state index in [1.807, 2.05) is 31.2 Å². The number of benzene rings is 1. The molecule has 1 aromatic heterocycles. The molecule has 0 unspecified atom stereocenters. The number of aromatic nitrogens is 1. The van der Waals surface area contributed by atoms with E-state index < -0.39 is 0 Å². The topological polar surface area (TPSA) is 60.5 Å². The molecule has 2 aromatic rings. The fourth-order valence-electron chi connectivity index (χ4n) is 5.69. The molecule has 1 aliphatic heterocycles. The number of fused-ring (bicyclic) bond motifs is 3. The van der Waals surface area contributed by atoms with E-state index in [2.05, 4.69) is 37.1 Å². The van der Waals surface area contributed by atoms with Crippen LogP contribution in [0.15, 0.2) is 36.5 Å².